The van der Waals surface area contributed by atoms with Gasteiger partial charge in [-0.15, -0.1) is 0 Å². The first-order chi connectivity index (χ1) is 12.2. The molecule has 138 valence electrons. The highest BCUT2D eigenvalue weighted by Crippen LogP contribution is 2.36. The van der Waals surface area contributed by atoms with Gasteiger partial charge in [-0.25, -0.2) is 0 Å². The van der Waals surface area contributed by atoms with Crippen LogP contribution in [-0.2, 0) is 9.53 Å². The maximum Gasteiger partial charge on any atom is 0.223 e. The van der Waals surface area contributed by atoms with Crippen molar-refractivity contribution >= 4 is 5.91 Å². The number of ether oxygens (including phenoxy) is 3. The molecular weight excluding hydrogens is 320 g/mol. The molecule has 1 unspecified atom stereocenters. The molecule has 0 radical (unpaired) electrons. The number of methoxy groups -OCH3 is 2. The van der Waals surface area contributed by atoms with Crippen molar-refractivity contribution in [1.29, 1.82) is 0 Å². The van der Waals surface area contributed by atoms with Crippen LogP contribution >= 0.6 is 0 Å². The molecular formula is C19H28N2O4. The van der Waals surface area contributed by atoms with Crippen molar-refractivity contribution in [3.63, 3.8) is 0 Å². The van der Waals surface area contributed by atoms with Gasteiger partial charge < -0.3 is 19.1 Å². The lowest BCUT2D eigenvalue weighted by atomic mass is 9.97. The Labute approximate surface area is 149 Å². The molecule has 1 aromatic rings. The Bertz CT molecular complexity index is 587. The molecule has 2 aliphatic heterocycles. The van der Waals surface area contributed by atoms with Crippen LogP contribution in [0.25, 0.3) is 0 Å². The van der Waals surface area contributed by atoms with Crippen molar-refractivity contribution in [3.8, 4) is 11.5 Å². The van der Waals surface area contributed by atoms with E-state index in [1.807, 2.05) is 23.1 Å². The summed E-state index contributed by atoms with van der Waals surface area (Å²) in [6.45, 7) is 5.79. The normalized spacial score (nSPS) is 21.4. The number of benzene rings is 1. The zero-order valence-corrected chi connectivity index (χ0v) is 15.2. The van der Waals surface area contributed by atoms with Crippen LogP contribution in [0, 0.1) is 0 Å². The van der Waals surface area contributed by atoms with E-state index in [4.69, 9.17) is 14.2 Å². The molecule has 0 N–H and O–H groups in total. The first-order valence-electron chi connectivity index (χ1n) is 9.01. The van der Waals surface area contributed by atoms with Gasteiger partial charge in [-0.1, -0.05) is 0 Å². The minimum absolute atomic E-state index is 0.246. The summed E-state index contributed by atoms with van der Waals surface area (Å²) in [5.41, 5.74) is 1.13. The quantitative estimate of drug-likeness (QED) is 0.784. The average Bonchev–Trinajstić information content (AvgIpc) is 3.16. The smallest absolute Gasteiger partial charge is 0.223 e. The largest absolute Gasteiger partial charge is 0.497 e. The summed E-state index contributed by atoms with van der Waals surface area (Å²) in [4.78, 5) is 16.9. The molecule has 6 nitrogen and oxygen atoms in total. The first kappa shape index (κ1) is 18.0. The summed E-state index contributed by atoms with van der Waals surface area (Å²) in [6.07, 6.45) is 1.55. The number of carbonyl (C=O) groups is 1. The summed E-state index contributed by atoms with van der Waals surface area (Å²) in [6, 6.07) is 5.88. The van der Waals surface area contributed by atoms with Crippen molar-refractivity contribution in [3.05, 3.63) is 23.8 Å². The Kier molecular flexibility index (Phi) is 6.15. The maximum atomic E-state index is 12.6. The molecule has 25 heavy (non-hydrogen) atoms. The van der Waals surface area contributed by atoms with Crippen LogP contribution in [0.15, 0.2) is 18.2 Å². The third-order valence-electron chi connectivity index (χ3n) is 5.16. The molecule has 0 aliphatic carbocycles. The SMILES string of the molecule is COc1ccc(OC)c(C2CCN(C(=O)CCN3CCOCC3)C2)c1. The number of amides is 1. The predicted molar refractivity (Wildman–Crippen MR) is 95.4 cm³/mol. The summed E-state index contributed by atoms with van der Waals surface area (Å²) < 4.78 is 16.2. The summed E-state index contributed by atoms with van der Waals surface area (Å²) in [5, 5.41) is 0. The highest BCUT2D eigenvalue weighted by atomic mass is 16.5. The van der Waals surface area contributed by atoms with Crippen molar-refractivity contribution in [2.24, 2.45) is 0 Å². The molecule has 3 rings (SSSR count). The summed E-state index contributed by atoms with van der Waals surface area (Å²) >= 11 is 0. The number of likely N-dealkylation sites (tertiary alicyclic amines) is 1. The zero-order valence-electron chi connectivity index (χ0n) is 15.2. The molecule has 0 saturated carbocycles. The number of morpholine rings is 1. The van der Waals surface area contributed by atoms with Crippen molar-refractivity contribution in [2.45, 2.75) is 18.8 Å². The van der Waals surface area contributed by atoms with Crippen LogP contribution < -0.4 is 9.47 Å². The van der Waals surface area contributed by atoms with E-state index in [2.05, 4.69) is 4.90 Å². The van der Waals surface area contributed by atoms with Crippen LogP contribution in [0.1, 0.15) is 24.3 Å². The highest BCUT2D eigenvalue weighted by molar-refractivity contribution is 5.76. The molecule has 2 saturated heterocycles. The van der Waals surface area contributed by atoms with Gasteiger partial charge in [0, 0.05) is 50.6 Å². The second-order valence-electron chi connectivity index (χ2n) is 6.64. The van der Waals surface area contributed by atoms with Gasteiger partial charge in [0.05, 0.1) is 27.4 Å². The Morgan fingerprint density at radius 1 is 1.20 bits per heavy atom. The van der Waals surface area contributed by atoms with E-state index in [0.29, 0.717) is 12.3 Å². The zero-order chi connectivity index (χ0) is 17.6. The van der Waals surface area contributed by atoms with Gasteiger partial charge in [0.1, 0.15) is 11.5 Å². The van der Waals surface area contributed by atoms with Gasteiger partial charge in [-0.3, -0.25) is 9.69 Å². The second kappa shape index (κ2) is 8.54. The van der Waals surface area contributed by atoms with Gasteiger partial charge in [0.25, 0.3) is 0 Å². The summed E-state index contributed by atoms with van der Waals surface area (Å²) in [7, 11) is 3.35. The first-order valence-corrected chi connectivity index (χ1v) is 9.01. The fourth-order valence-corrected chi connectivity index (χ4v) is 3.64. The number of rotatable bonds is 6. The van der Waals surface area contributed by atoms with E-state index in [1.165, 1.54) is 0 Å². The van der Waals surface area contributed by atoms with Crippen LogP contribution in [0.2, 0.25) is 0 Å². The lowest BCUT2D eigenvalue weighted by Gasteiger charge is -2.27. The van der Waals surface area contributed by atoms with Crippen LogP contribution in [0.5, 0.6) is 11.5 Å². The lowest BCUT2D eigenvalue weighted by Crippen LogP contribution is -2.39. The molecule has 2 fully saturated rings. The standard InChI is InChI=1S/C19H28N2O4/c1-23-16-3-4-18(24-2)17(13-16)15-5-8-21(14-15)19(22)6-7-20-9-11-25-12-10-20/h3-4,13,15H,5-12,14H2,1-2H3. The molecule has 0 bridgehead atoms. The number of nitrogens with zero attached hydrogens (tertiary/aromatic N) is 2. The van der Waals surface area contributed by atoms with Crippen LogP contribution in [0.4, 0.5) is 0 Å². The van der Waals surface area contributed by atoms with E-state index in [1.54, 1.807) is 14.2 Å². The topological polar surface area (TPSA) is 51.2 Å². The maximum absolute atomic E-state index is 12.6. The third kappa shape index (κ3) is 4.44. The van der Waals surface area contributed by atoms with E-state index < -0.39 is 0 Å². The van der Waals surface area contributed by atoms with E-state index in [0.717, 1.165) is 69.4 Å². The monoisotopic (exact) mass is 348 g/mol. The Balaban J connectivity index is 1.56. The number of hydrogen-bond acceptors (Lipinski definition) is 5. The summed E-state index contributed by atoms with van der Waals surface area (Å²) in [5.74, 6) is 2.24. The van der Waals surface area contributed by atoms with Gasteiger partial charge >= 0.3 is 0 Å². The fraction of sp³-hybridized carbons (Fsp3) is 0.632. The molecule has 0 spiro atoms. The molecule has 2 heterocycles. The number of hydrogen-bond donors (Lipinski definition) is 0. The van der Waals surface area contributed by atoms with E-state index in [9.17, 15) is 4.79 Å². The molecule has 6 heteroatoms. The second-order valence-corrected chi connectivity index (χ2v) is 6.64. The predicted octanol–water partition coefficient (Wildman–Crippen LogP) is 1.74. The van der Waals surface area contributed by atoms with Crippen molar-refractivity contribution in [2.75, 3.05) is 60.2 Å². The minimum Gasteiger partial charge on any atom is -0.497 e. The molecule has 1 atom stereocenters. The highest BCUT2D eigenvalue weighted by Gasteiger charge is 2.29. The number of carbonyl (C=O) groups excluding carboxylic acids is 1. The van der Waals surface area contributed by atoms with Crippen molar-refractivity contribution in [1.82, 2.24) is 9.80 Å². The minimum atomic E-state index is 0.246. The van der Waals surface area contributed by atoms with Gasteiger partial charge in [0.15, 0.2) is 0 Å². The molecule has 0 aromatic heterocycles. The Morgan fingerprint density at radius 2 is 2.00 bits per heavy atom. The third-order valence-corrected chi connectivity index (χ3v) is 5.16. The Hall–Kier alpha value is -1.79. The van der Waals surface area contributed by atoms with E-state index >= 15 is 0 Å². The van der Waals surface area contributed by atoms with Gasteiger partial charge in [-0.05, 0) is 24.6 Å². The average molecular weight is 348 g/mol. The molecule has 2 aliphatic rings. The van der Waals surface area contributed by atoms with Gasteiger partial charge in [0.2, 0.25) is 5.91 Å². The van der Waals surface area contributed by atoms with Crippen molar-refractivity contribution < 1.29 is 19.0 Å². The lowest BCUT2D eigenvalue weighted by molar-refractivity contribution is -0.130. The van der Waals surface area contributed by atoms with Gasteiger partial charge in [-0.2, -0.15) is 0 Å². The Morgan fingerprint density at radius 3 is 2.72 bits per heavy atom. The molecule has 1 aromatic carbocycles. The molecule has 1 amide bonds. The fourth-order valence-electron chi connectivity index (χ4n) is 3.64. The van der Waals surface area contributed by atoms with Crippen LogP contribution in [0.3, 0.4) is 0 Å². The van der Waals surface area contributed by atoms with Crippen LogP contribution in [-0.4, -0.2) is 75.9 Å². The van der Waals surface area contributed by atoms with E-state index in [-0.39, 0.29) is 5.91 Å².